The van der Waals surface area contributed by atoms with Crippen molar-refractivity contribution in [1.29, 1.82) is 0 Å². The van der Waals surface area contributed by atoms with Crippen molar-refractivity contribution in [2.75, 3.05) is 13.1 Å². The smallest absolute Gasteiger partial charge is 0.226 e. The highest BCUT2D eigenvalue weighted by atomic mass is 127. The third-order valence-electron chi connectivity index (χ3n) is 4.55. The molecule has 0 bridgehead atoms. The van der Waals surface area contributed by atoms with Crippen LogP contribution in [0.1, 0.15) is 23.6 Å². The van der Waals surface area contributed by atoms with Crippen LogP contribution in [-0.2, 0) is 6.54 Å². The van der Waals surface area contributed by atoms with E-state index in [4.69, 9.17) is 4.42 Å². The number of fused-ring (bicyclic) bond motifs is 1. The second-order valence-electron chi connectivity index (χ2n) is 6.79. The first kappa shape index (κ1) is 23.2. The van der Waals surface area contributed by atoms with Gasteiger partial charge < -0.3 is 20.2 Å². The molecular weight excluding hydrogens is 523 g/mol. The summed E-state index contributed by atoms with van der Waals surface area (Å²) in [5.41, 5.74) is 1.68. The maximum absolute atomic E-state index is 10.6. The maximum Gasteiger partial charge on any atom is 0.226 e. The van der Waals surface area contributed by atoms with Crippen molar-refractivity contribution in [3.63, 3.8) is 0 Å². The lowest BCUT2D eigenvalue weighted by molar-refractivity contribution is 0.184. The Labute approximate surface area is 202 Å². The van der Waals surface area contributed by atoms with Gasteiger partial charge in [0, 0.05) is 28.2 Å². The number of hydrogen-bond donors (Lipinski definition) is 3. The van der Waals surface area contributed by atoms with Gasteiger partial charge in [0.15, 0.2) is 5.96 Å². The average Bonchev–Trinajstić information content (AvgIpc) is 3.43. The number of oxazole rings is 1. The highest BCUT2D eigenvalue weighted by molar-refractivity contribution is 14.0. The summed E-state index contributed by atoms with van der Waals surface area (Å²) in [6, 6.07) is 20.0. The molecule has 0 aliphatic heterocycles. The first-order chi connectivity index (χ1) is 14.7. The molecule has 2 aromatic carbocycles. The van der Waals surface area contributed by atoms with Crippen molar-refractivity contribution in [3.8, 4) is 11.5 Å². The number of hydrogen-bond acceptors (Lipinski definition) is 5. The van der Waals surface area contributed by atoms with Crippen molar-refractivity contribution in [1.82, 2.24) is 15.6 Å². The molecule has 1 unspecified atom stereocenters. The van der Waals surface area contributed by atoms with Gasteiger partial charge in [0.2, 0.25) is 5.89 Å². The Morgan fingerprint density at radius 2 is 1.90 bits per heavy atom. The number of guanidine groups is 1. The van der Waals surface area contributed by atoms with E-state index in [0.29, 0.717) is 24.9 Å². The summed E-state index contributed by atoms with van der Waals surface area (Å²) < 4.78 is 6.74. The molecule has 31 heavy (non-hydrogen) atoms. The highest BCUT2D eigenvalue weighted by Gasteiger charge is 2.12. The Hall–Kier alpha value is -2.43. The average molecular weight is 548 g/mol. The molecule has 8 heteroatoms. The number of thiophene rings is 1. The fourth-order valence-corrected chi connectivity index (χ4v) is 4.11. The van der Waals surface area contributed by atoms with E-state index in [9.17, 15) is 5.11 Å². The molecule has 1 atom stereocenters. The van der Waals surface area contributed by atoms with Crippen LogP contribution < -0.4 is 10.6 Å². The first-order valence-electron chi connectivity index (χ1n) is 9.91. The predicted octanol–water partition coefficient (Wildman–Crippen LogP) is 4.96. The van der Waals surface area contributed by atoms with E-state index in [0.717, 1.165) is 28.1 Å². The third kappa shape index (κ3) is 6.05. The van der Waals surface area contributed by atoms with Gasteiger partial charge in [0.1, 0.15) is 18.1 Å². The molecule has 0 saturated carbocycles. The van der Waals surface area contributed by atoms with Crippen molar-refractivity contribution in [2.24, 2.45) is 4.99 Å². The van der Waals surface area contributed by atoms with Gasteiger partial charge in [-0.15, -0.1) is 35.3 Å². The second-order valence-corrected chi connectivity index (χ2v) is 7.90. The molecule has 4 aromatic rings. The minimum absolute atomic E-state index is 0. The number of aliphatic imine (C=N–C) groups is 1. The standard InChI is InChI=1S/C23H24N4O2S.HI/c1-2-24-23(25-13-18-15-29-22(27-18)16-8-4-3-5-9-16)26-14-19(28)21-12-17-10-6-7-11-20(17)30-21;/h3-12,15,19,28H,2,13-14H2,1H3,(H2,24,25,26);1H. The molecule has 6 nitrogen and oxygen atoms in total. The van der Waals surface area contributed by atoms with Gasteiger partial charge in [-0.25, -0.2) is 9.98 Å². The molecule has 162 valence electrons. The maximum atomic E-state index is 10.6. The van der Waals surface area contributed by atoms with Gasteiger partial charge >= 0.3 is 0 Å². The minimum atomic E-state index is -0.608. The zero-order valence-electron chi connectivity index (χ0n) is 17.1. The summed E-state index contributed by atoms with van der Waals surface area (Å²) in [6.07, 6.45) is 1.02. The van der Waals surface area contributed by atoms with E-state index in [1.165, 1.54) is 4.70 Å². The number of benzene rings is 2. The number of aromatic nitrogens is 1. The van der Waals surface area contributed by atoms with E-state index in [2.05, 4.69) is 32.7 Å². The lowest BCUT2D eigenvalue weighted by Crippen LogP contribution is -2.39. The molecule has 0 aliphatic carbocycles. The minimum Gasteiger partial charge on any atom is -0.444 e. The molecule has 0 spiro atoms. The Balaban J connectivity index is 0.00000272. The molecule has 0 fully saturated rings. The van der Waals surface area contributed by atoms with Gasteiger partial charge in [-0.05, 0) is 36.6 Å². The number of aliphatic hydroxyl groups excluding tert-OH is 1. The van der Waals surface area contributed by atoms with Crippen LogP contribution in [0, 0.1) is 0 Å². The van der Waals surface area contributed by atoms with Gasteiger partial charge in [0.05, 0.1) is 6.54 Å². The Bertz CT molecular complexity index is 1090. The van der Waals surface area contributed by atoms with E-state index in [1.54, 1.807) is 17.6 Å². The molecule has 4 rings (SSSR count). The van der Waals surface area contributed by atoms with Crippen LogP contribution in [0.2, 0.25) is 0 Å². The summed E-state index contributed by atoms with van der Waals surface area (Å²) in [4.78, 5) is 10.00. The monoisotopic (exact) mass is 548 g/mol. The van der Waals surface area contributed by atoms with E-state index >= 15 is 0 Å². The quantitative estimate of drug-likeness (QED) is 0.173. The summed E-state index contributed by atoms with van der Waals surface area (Å²) in [5.74, 6) is 1.21. The van der Waals surface area contributed by atoms with Gasteiger partial charge in [0.25, 0.3) is 0 Å². The van der Waals surface area contributed by atoms with Crippen LogP contribution in [-0.4, -0.2) is 29.1 Å². The van der Waals surface area contributed by atoms with Crippen molar-refractivity contribution in [3.05, 3.63) is 77.5 Å². The van der Waals surface area contributed by atoms with Gasteiger partial charge in [-0.3, -0.25) is 0 Å². The van der Waals surface area contributed by atoms with Crippen molar-refractivity contribution >= 4 is 51.4 Å². The fraction of sp³-hybridized carbons (Fsp3) is 0.217. The zero-order valence-corrected chi connectivity index (χ0v) is 20.3. The number of nitrogens with one attached hydrogen (secondary N) is 2. The van der Waals surface area contributed by atoms with Crippen LogP contribution in [0.3, 0.4) is 0 Å². The predicted molar refractivity (Wildman–Crippen MR) is 137 cm³/mol. The molecule has 2 heterocycles. The number of halogens is 1. The molecule has 3 N–H and O–H groups in total. The number of aliphatic hydroxyl groups is 1. The van der Waals surface area contributed by atoms with Crippen LogP contribution >= 0.6 is 35.3 Å². The Morgan fingerprint density at radius 3 is 2.68 bits per heavy atom. The normalized spacial score (nSPS) is 12.4. The largest absolute Gasteiger partial charge is 0.444 e. The second kappa shape index (κ2) is 11.3. The lowest BCUT2D eigenvalue weighted by Gasteiger charge is -2.14. The molecule has 0 aliphatic rings. The topological polar surface area (TPSA) is 82.7 Å². The summed E-state index contributed by atoms with van der Waals surface area (Å²) >= 11 is 1.61. The zero-order chi connectivity index (χ0) is 20.8. The number of rotatable bonds is 7. The van der Waals surface area contributed by atoms with E-state index in [-0.39, 0.29) is 24.0 Å². The third-order valence-corrected chi connectivity index (χ3v) is 5.77. The van der Waals surface area contributed by atoms with Crippen LogP contribution in [0.25, 0.3) is 21.5 Å². The van der Waals surface area contributed by atoms with Crippen molar-refractivity contribution < 1.29 is 9.52 Å². The molecule has 2 aromatic heterocycles. The van der Waals surface area contributed by atoms with Gasteiger partial charge in [-0.1, -0.05) is 36.4 Å². The van der Waals surface area contributed by atoms with Crippen LogP contribution in [0.15, 0.2) is 76.3 Å². The summed E-state index contributed by atoms with van der Waals surface area (Å²) in [6.45, 7) is 3.47. The van der Waals surface area contributed by atoms with E-state index in [1.807, 2.05) is 55.5 Å². The highest BCUT2D eigenvalue weighted by Crippen LogP contribution is 2.29. The summed E-state index contributed by atoms with van der Waals surface area (Å²) in [7, 11) is 0. The number of nitrogens with zero attached hydrogens (tertiary/aromatic N) is 2. The van der Waals surface area contributed by atoms with E-state index < -0.39 is 6.10 Å². The molecule has 0 saturated heterocycles. The van der Waals surface area contributed by atoms with Crippen molar-refractivity contribution in [2.45, 2.75) is 19.6 Å². The Morgan fingerprint density at radius 1 is 1.13 bits per heavy atom. The SMILES string of the molecule is CCNC(=NCc1coc(-c2ccccc2)n1)NCC(O)c1cc2ccccc2s1.I. The van der Waals surface area contributed by atoms with Crippen LogP contribution in [0.4, 0.5) is 0 Å². The van der Waals surface area contributed by atoms with Gasteiger partial charge in [-0.2, -0.15) is 0 Å². The Kier molecular flexibility index (Phi) is 8.44. The van der Waals surface area contributed by atoms with Crippen LogP contribution in [0.5, 0.6) is 0 Å². The fourth-order valence-electron chi connectivity index (χ4n) is 3.06. The molecule has 0 amide bonds. The first-order valence-corrected chi connectivity index (χ1v) is 10.7. The molecule has 0 radical (unpaired) electrons. The molecular formula is C23H25IN4O2S. The summed E-state index contributed by atoms with van der Waals surface area (Å²) in [5, 5.41) is 18.1. The lowest BCUT2D eigenvalue weighted by atomic mass is 10.2.